The number of carbonyl (C=O) groups is 1. The molecule has 138 valence electrons. The monoisotopic (exact) mass is 353 g/mol. The fraction of sp³-hybridized carbons (Fsp3) is 0.667. The molecule has 0 radical (unpaired) electrons. The van der Waals surface area contributed by atoms with Crippen molar-refractivity contribution in [3.63, 3.8) is 0 Å². The first-order valence-electron chi connectivity index (χ1n) is 8.83. The molecule has 25 heavy (non-hydrogen) atoms. The second-order valence-electron chi connectivity index (χ2n) is 7.19. The van der Waals surface area contributed by atoms with Crippen molar-refractivity contribution in [2.75, 3.05) is 20.2 Å². The molecule has 7 heteroatoms. The van der Waals surface area contributed by atoms with Crippen LogP contribution in [0.1, 0.15) is 44.1 Å². The minimum atomic E-state index is -3.58. The maximum atomic E-state index is 14.2. The first-order chi connectivity index (χ1) is 11.9. The van der Waals surface area contributed by atoms with Gasteiger partial charge in [-0.2, -0.15) is 8.78 Å². The molecule has 0 spiro atoms. The highest BCUT2D eigenvalue weighted by atomic mass is 19.3. The summed E-state index contributed by atoms with van der Waals surface area (Å²) < 4.78 is 33.6. The molecule has 1 aliphatic carbocycles. The Labute approximate surface area is 146 Å². The number of carbonyl (C=O) groups excluding carboxylic acids is 1. The number of likely N-dealkylation sites (tertiary alicyclic amines) is 1. The number of aromatic nitrogens is 1. The summed E-state index contributed by atoms with van der Waals surface area (Å²) in [5.41, 5.74) is 0.850. The molecule has 1 aromatic heterocycles. The van der Waals surface area contributed by atoms with Crippen molar-refractivity contribution in [1.82, 2.24) is 15.2 Å². The van der Waals surface area contributed by atoms with Crippen LogP contribution in [-0.2, 0) is 4.79 Å². The van der Waals surface area contributed by atoms with Gasteiger partial charge in [-0.3, -0.25) is 4.79 Å². The molecular weight excluding hydrogens is 328 g/mol. The van der Waals surface area contributed by atoms with Gasteiger partial charge in [0.2, 0.25) is 5.88 Å². The van der Waals surface area contributed by atoms with Crippen molar-refractivity contribution in [3.05, 3.63) is 23.9 Å². The second-order valence-corrected chi connectivity index (χ2v) is 7.19. The number of halogens is 2. The quantitative estimate of drug-likeness (QED) is 0.854. The molecule has 0 bridgehead atoms. The lowest BCUT2D eigenvalue weighted by Gasteiger charge is -2.35. The van der Waals surface area contributed by atoms with Gasteiger partial charge < -0.3 is 15.0 Å². The van der Waals surface area contributed by atoms with Crippen LogP contribution in [0.2, 0.25) is 0 Å². The van der Waals surface area contributed by atoms with Crippen LogP contribution in [0.4, 0.5) is 8.78 Å². The third kappa shape index (κ3) is 4.45. The molecule has 2 fully saturated rings. The highest BCUT2D eigenvalue weighted by Gasteiger charge is 2.42. The van der Waals surface area contributed by atoms with Crippen molar-refractivity contribution in [3.8, 4) is 5.88 Å². The maximum Gasteiger partial charge on any atom is 0.357 e. The minimum Gasteiger partial charge on any atom is -0.470 e. The van der Waals surface area contributed by atoms with Crippen LogP contribution >= 0.6 is 0 Å². The van der Waals surface area contributed by atoms with Gasteiger partial charge in [0.05, 0.1) is 0 Å². The Morgan fingerprint density at radius 1 is 1.44 bits per heavy atom. The number of rotatable bonds is 6. The number of piperidine rings is 1. The Morgan fingerprint density at radius 2 is 2.20 bits per heavy atom. The highest BCUT2D eigenvalue weighted by Crippen LogP contribution is 2.43. The van der Waals surface area contributed by atoms with Crippen molar-refractivity contribution in [1.29, 1.82) is 0 Å². The Bertz CT molecular complexity index is 622. The third-order valence-corrected chi connectivity index (χ3v) is 5.08. The van der Waals surface area contributed by atoms with E-state index in [1.165, 1.54) is 6.20 Å². The number of nitrogens with zero attached hydrogens (tertiary/aromatic N) is 2. The Balaban J connectivity index is 1.55. The van der Waals surface area contributed by atoms with Gasteiger partial charge in [0.25, 0.3) is 5.91 Å². The van der Waals surface area contributed by atoms with Gasteiger partial charge in [0.15, 0.2) is 6.61 Å². The summed E-state index contributed by atoms with van der Waals surface area (Å²) >= 11 is 0. The molecule has 0 unspecified atom stereocenters. The number of hydrogen-bond acceptors (Lipinski definition) is 4. The summed E-state index contributed by atoms with van der Waals surface area (Å²) in [6, 6.07) is 3.66. The van der Waals surface area contributed by atoms with Crippen LogP contribution in [-0.4, -0.2) is 54.0 Å². The number of alkyl halides is 2. The molecule has 1 amide bonds. The van der Waals surface area contributed by atoms with E-state index in [1.807, 2.05) is 20.0 Å². The van der Waals surface area contributed by atoms with E-state index in [0.29, 0.717) is 18.8 Å². The third-order valence-electron chi connectivity index (χ3n) is 5.08. The fourth-order valence-electron chi connectivity index (χ4n) is 3.16. The predicted molar refractivity (Wildman–Crippen MR) is 89.9 cm³/mol. The Hall–Kier alpha value is -1.76. The van der Waals surface area contributed by atoms with Gasteiger partial charge in [-0.15, -0.1) is 0 Å². The number of ether oxygens (including phenoxy) is 1. The normalized spacial score (nSPS) is 24.8. The average Bonchev–Trinajstić information content (AvgIpc) is 3.41. The van der Waals surface area contributed by atoms with E-state index < -0.39 is 18.4 Å². The molecule has 0 aromatic carbocycles. The highest BCUT2D eigenvalue weighted by molar-refractivity contribution is 5.83. The first kappa shape index (κ1) is 18.0. The van der Waals surface area contributed by atoms with Gasteiger partial charge in [-0.05, 0) is 51.6 Å². The van der Waals surface area contributed by atoms with Crippen molar-refractivity contribution in [2.24, 2.45) is 0 Å². The number of hydrogen-bond donors (Lipinski definition) is 1. The first-order valence-corrected chi connectivity index (χ1v) is 8.83. The van der Waals surface area contributed by atoms with Gasteiger partial charge in [0.1, 0.15) is 0 Å². The van der Waals surface area contributed by atoms with E-state index in [1.54, 1.807) is 6.07 Å². The van der Waals surface area contributed by atoms with E-state index in [4.69, 9.17) is 4.74 Å². The van der Waals surface area contributed by atoms with Crippen LogP contribution in [0.3, 0.4) is 0 Å². The number of pyridine rings is 1. The van der Waals surface area contributed by atoms with Gasteiger partial charge in [-0.25, -0.2) is 4.98 Å². The molecule has 2 atom stereocenters. The van der Waals surface area contributed by atoms with E-state index in [9.17, 15) is 13.6 Å². The van der Waals surface area contributed by atoms with E-state index in [2.05, 4.69) is 15.2 Å². The Morgan fingerprint density at radius 3 is 2.88 bits per heavy atom. The average molecular weight is 353 g/mol. The zero-order valence-electron chi connectivity index (χ0n) is 14.7. The molecule has 1 saturated heterocycles. The molecule has 1 N–H and O–H groups in total. The summed E-state index contributed by atoms with van der Waals surface area (Å²) in [7, 11) is 2.00. The van der Waals surface area contributed by atoms with Crippen molar-refractivity contribution >= 4 is 5.91 Å². The van der Waals surface area contributed by atoms with Gasteiger partial charge in [-0.1, -0.05) is 6.07 Å². The molecule has 2 heterocycles. The molecular formula is C18H25F2N3O2. The zero-order chi connectivity index (χ0) is 18.0. The van der Waals surface area contributed by atoms with Crippen molar-refractivity contribution in [2.45, 2.75) is 56.5 Å². The SMILES string of the molecule is C[C@@H]1C[C@H](NC(=O)C(F)(F)COc2ncccc2C2CC2)CCN1C. The fourth-order valence-corrected chi connectivity index (χ4v) is 3.16. The molecule has 1 saturated carbocycles. The van der Waals surface area contributed by atoms with Gasteiger partial charge in [0, 0.05) is 30.4 Å². The number of nitrogens with one attached hydrogen (secondary N) is 1. The smallest absolute Gasteiger partial charge is 0.357 e. The topological polar surface area (TPSA) is 54.5 Å². The van der Waals surface area contributed by atoms with E-state index in [-0.39, 0.29) is 18.0 Å². The Kier molecular flexibility index (Phi) is 5.22. The van der Waals surface area contributed by atoms with Crippen LogP contribution in [0.15, 0.2) is 18.3 Å². The lowest BCUT2D eigenvalue weighted by molar-refractivity contribution is -0.151. The maximum absolute atomic E-state index is 14.2. The second kappa shape index (κ2) is 7.23. The molecule has 2 aliphatic rings. The summed E-state index contributed by atoms with van der Waals surface area (Å²) in [4.78, 5) is 18.2. The molecule has 3 rings (SSSR count). The van der Waals surface area contributed by atoms with Crippen LogP contribution in [0.5, 0.6) is 5.88 Å². The van der Waals surface area contributed by atoms with Crippen molar-refractivity contribution < 1.29 is 18.3 Å². The lowest BCUT2D eigenvalue weighted by Crippen LogP contribution is -2.52. The summed E-state index contributed by atoms with van der Waals surface area (Å²) in [6.45, 7) is 1.82. The zero-order valence-corrected chi connectivity index (χ0v) is 14.7. The molecule has 1 aromatic rings. The largest absolute Gasteiger partial charge is 0.470 e. The van der Waals surface area contributed by atoms with Crippen LogP contribution < -0.4 is 10.1 Å². The van der Waals surface area contributed by atoms with Crippen LogP contribution in [0, 0.1) is 0 Å². The predicted octanol–water partition coefficient (Wildman–Crippen LogP) is 2.57. The lowest BCUT2D eigenvalue weighted by atomic mass is 9.99. The molecule has 5 nitrogen and oxygen atoms in total. The molecule has 1 aliphatic heterocycles. The summed E-state index contributed by atoms with van der Waals surface area (Å²) in [5.74, 6) is -4.29. The summed E-state index contributed by atoms with van der Waals surface area (Å²) in [5, 5.41) is 2.48. The standard InChI is InChI=1S/C18H25F2N3O2/c1-12-10-14(7-9-23(12)2)22-17(24)18(19,20)11-25-16-15(13-5-6-13)4-3-8-21-16/h3-4,8,12-14H,5-7,9-11H2,1-2H3,(H,22,24)/t12-,14-/m1/s1. The van der Waals surface area contributed by atoms with Gasteiger partial charge >= 0.3 is 5.92 Å². The number of amides is 1. The minimum absolute atomic E-state index is 0.213. The van der Waals surface area contributed by atoms with Crippen LogP contribution in [0.25, 0.3) is 0 Å². The van der Waals surface area contributed by atoms with E-state index >= 15 is 0 Å². The van der Waals surface area contributed by atoms with E-state index in [0.717, 1.165) is 24.9 Å². The summed E-state index contributed by atoms with van der Waals surface area (Å²) in [6.07, 6.45) is 4.90.